The Labute approximate surface area is 141 Å². The van der Waals surface area contributed by atoms with E-state index in [1.807, 2.05) is 37.3 Å². The molecule has 0 amide bonds. The standard InChI is InChI=1S/C18H21NO3S/c1-3-4-5-7-15-8-6-9-17(19(20)21)18(15)22-23-16-12-10-14(2)11-13-16/h6,8-13H,3-5,7H2,1-2H3. The molecule has 0 atom stereocenters. The molecule has 0 fully saturated rings. The molecule has 0 N–H and O–H groups in total. The molecule has 0 heterocycles. The van der Waals surface area contributed by atoms with Crippen LogP contribution in [0.5, 0.6) is 5.75 Å². The Morgan fingerprint density at radius 2 is 1.87 bits per heavy atom. The van der Waals surface area contributed by atoms with Crippen LogP contribution in [0, 0.1) is 17.0 Å². The Balaban J connectivity index is 2.19. The number of hydrogen-bond donors (Lipinski definition) is 0. The maximum atomic E-state index is 11.3. The van der Waals surface area contributed by atoms with Gasteiger partial charge in [0, 0.05) is 16.5 Å². The van der Waals surface area contributed by atoms with Gasteiger partial charge >= 0.3 is 5.69 Å². The average Bonchev–Trinajstić information content (AvgIpc) is 2.55. The molecule has 0 bridgehead atoms. The number of para-hydroxylation sites is 1. The molecule has 0 unspecified atom stereocenters. The van der Waals surface area contributed by atoms with Gasteiger partial charge in [-0.05, 0) is 31.9 Å². The van der Waals surface area contributed by atoms with Gasteiger partial charge in [0.2, 0.25) is 5.75 Å². The van der Waals surface area contributed by atoms with Gasteiger partial charge in [0.25, 0.3) is 0 Å². The fourth-order valence-electron chi connectivity index (χ4n) is 2.26. The molecule has 2 rings (SSSR count). The summed E-state index contributed by atoms with van der Waals surface area (Å²) in [4.78, 5) is 11.8. The molecule has 0 aliphatic rings. The van der Waals surface area contributed by atoms with Crippen LogP contribution in [0.2, 0.25) is 0 Å². The van der Waals surface area contributed by atoms with E-state index in [2.05, 4.69) is 6.92 Å². The average molecular weight is 331 g/mol. The topological polar surface area (TPSA) is 52.4 Å². The van der Waals surface area contributed by atoms with Gasteiger partial charge in [-0.25, -0.2) is 0 Å². The predicted molar refractivity (Wildman–Crippen MR) is 94.0 cm³/mol. The second kappa shape index (κ2) is 8.58. The number of nitro benzene ring substituents is 1. The zero-order valence-electron chi connectivity index (χ0n) is 13.5. The Bertz CT molecular complexity index is 656. The lowest BCUT2D eigenvalue weighted by Crippen LogP contribution is -1.97. The summed E-state index contributed by atoms with van der Waals surface area (Å²) in [6, 6.07) is 13.0. The largest absolute Gasteiger partial charge is 0.413 e. The molecule has 0 saturated carbocycles. The first-order chi connectivity index (χ1) is 11.1. The molecule has 0 spiro atoms. The zero-order chi connectivity index (χ0) is 16.7. The molecule has 4 nitrogen and oxygen atoms in total. The summed E-state index contributed by atoms with van der Waals surface area (Å²) in [6.07, 6.45) is 4.01. The van der Waals surface area contributed by atoms with Gasteiger partial charge in [-0.2, -0.15) is 0 Å². The Kier molecular flexibility index (Phi) is 6.47. The Hall–Kier alpha value is -2.01. The minimum atomic E-state index is -0.381. The monoisotopic (exact) mass is 331 g/mol. The van der Waals surface area contributed by atoms with Crippen LogP contribution in [0.3, 0.4) is 0 Å². The summed E-state index contributed by atoms with van der Waals surface area (Å²) in [6.45, 7) is 4.15. The minimum Gasteiger partial charge on any atom is -0.413 e. The number of hydrogen-bond acceptors (Lipinski definition) is 4. The van der Waals surface area contributed by atoms with Crippen LogP contribution in [0.15, 0.2) is 47.4 Å². The van der Waals surface area contributed by atoms with Gasteiger partial charge in [0.1, 0.15) is 0 Å². The van der Waals surface area contributed by atoms with Crippen LogP contribution >= 0.6 is 12.0 Å². The lowest BCUT2D eigenvalue weighted by atomic mass is 10.1. The quantitative estimate of drug-likeness (QED) is 0.268. The molecular formula is C18H21NO3S. The van der Waals surface area contributed by atoms with Crippen LogP contribution < -0.4 is 4.18 Å². The molecule has 2 aromatic carbocycles. The van der Waals surface area contributed by atoms with Crippen LogP contribution in [0.1, 0.15) is 37.3 Å². The summed E-state index contributed by atoms with van der Waals surface area (Å²) < 4.78 is 5.76. The highest BCUT2D eigenvalue weighted by Crippen LogP contribution is 2.36. The molecule has 2 aromatic rings. The molecule has 122 valence electrons. The lowest BCUT2D eigenvalue weighted by molar-refractivity contribution is -0.385. The van der Waals surface area contributed by atoms with Crippen molar-refractivity contribution in [2.24, 2.45) is 0 Å². The van der Waals surface area contributed by atoms with Crippen molar-refractivity contribution in [1.29, 1.82) is 0 Å². The van der Waals surface area contributed by atoms with Crippen molar-refractivity contribution in [3.8, 4) is 5.75 Å². The molecule has 0 aromatic heterocycles. The number of nitrogens with zero attached hydrogens (tertiary/aromatic N) is 1. The Morgan fingerprint density at radius 1 is 1.13 bits per heavy atom. The van der Waals surface area contributed by atoms with Crippen LogP contribution in [-0.2, 0) is 6.42 Å². The van der Waals surface area contributed by atoms with Crippen LogP contribution in [-0.4, -0.2) is 4.92 Å². The molecule has 0 aliphatic carbocycles. The number of rotatable bonds is 8. The van der Waals surface area contributed by atoms with E-state index in [0.717, 1.165) is 48.2 Å². The fourth-order valence-corrected chi connectivity index (χ4v) is 2.88. The highest BCUT2D eigenvalue weighted by Gasteiger charge is 2.19. The molecule has 0 aliphatic heterocycles. The summed E-state index contributed by atoms with van der Waals surface area (Å²) in [5.41, 5.74) is 2.09. The SMILES string of the molecule is CCCCCc1cccc([N+](=O)[O-])c1OSc1ccc(C)cc1. The maximum Gasteiger partial charge on any atom is 0.312 e. The maximum absolute atomic E-state index is 11.3. The first kappa shape index (κ1) is 17.3. The van der Waals surface area contributed by atoms with E-state index in [1.165, 1.54) is 11.6 Å². The summed E-state index contributed by atoms with van der Waals surface area (Å²) in [5, 5.41) is 11.3. The van der Waals surface area contributed by atoms with E-state index in [4.69, 9.17) is 4.18 Å². The van der Waals surface area contributed by atoms with E-state index < -0.39 is 0 Å². The van der Waals surface area contributed by atoms with Crippen molar-refractivity contribution >= 4 is 17.7 Å². The van der Waals surface area contributed by atoms with Crippen molar-refractivity contribution in [2.45, 2.75) is 44.4 Å². The number of aryl methyl sites for hydroxylation is 2. The first-order valence-electron chi connectivity index (χ1n) is 7.79. The second-order valence-electron chi connectivity index (χ2n) is 5.46. The highest BCUT2D eigenvalue weighted by molar-refractivity contribution is 7.95. The number of nitro groups is 1. The van der Waals surface area contributed by atoms with Gasteiger partial charge < -0.3 is 4.18 Å². The molecule has 5 heteroatoms. The van der Waals surface area contributed by atoms with Crippen molar-refractivity contribution < 1.29 is 9.11 Å². The smallest absolute Gasteiger partial charge is 0.312 e. The third kappa shape index (κ3) is 4.99. The van der Waals surface area contributed by atoms with Crippen molar-refractivity contribution in [2.75, 3.05) is 0 Å². The van der Waals surface area contributed by atoms with Gasteiger partial charge in [-0.1, -0.05) is 49.6 Å². The van der Waals surface area contributed by atoms with E-state index >= 15 is 0 Å². The lowest BCUT2D eigenvalue weighted by Gasteiger charge is -2.10. The van der Waals surface area contributed by atoms with Gasteiger partial charge in [0.05, 0.1) is 17.0 Å². The summed E-state index contributed by atoms with van der Waals surface area (Å²) >= 11 is 1.16. The molecular weight excluding hydrogens is 310 g/mol. The predicted octanol–water partition coefficient (Wildman–Crippen LogP) is 5.72. The Morgan fingerprint density at radius 3 is 2.52 bits per heavy atom. The van der Waals surface area contributed by atoms with Gasteiger partial charge in [-0.15, -0.1) is 0 Å². The molecule has 0 saturated heterocycles. The van der Waals surface area contributed by atoms with E-state index in [0.29, 0.717) is 5.75 Å². The van der Waals surface area contributed by atoms with E-state index in [-0.39, 0.29) is 10.6 Å². The van der Waals surface area contributed by atoms with Crippen LogP contribution in [0.4, 0.5) is 5.69 Å². The fraction of sp³-hybridized carbons (Fsp3) is 0.333. The minimum absolute atomic E-state index is 0.0265. The normalized spacial score (nSPS) is 10.5. The molecule has 0 radical (unpaired) electrons. The highest BCUT2D eigenvalue weighted by atomic mass is 32.2. The van der Waals surface area contributed by atoms with Crippen molar-refractivity contribution in [3.63, 3.8) is 0 Å². The first-order valence-corrected chi connectivity index (χ1v) is 8.53. The van der Waals surface area contributed by atoms with Crippen LogP contribution in [0.25, 0.3) is 0 Å². The van der Waals surface area contributed by atoms with E-state index in [1.54, 1.807) is 6.07 Å². The van der Waals surface area contributed by atoms with E-state index in [9.17, 15) is 10.1 Å². The van der Waals surface area contributed by atoms with Crippen molar-refractivity contribution in [1.82, 2.24) is 0 Å². The summed E-state index contributed by atoms with van der Waals surface area (Å²) in [7, 11) is 0. The zero-order valence-corrected chi connectivity index (χ0v) is 14.3. The number of unbranched alkanes of at least 4 members (excludes halogenated alkanes) is 2. The third-order valence-corrected chi connectivity index (χ3v) is 4.28. The summed E-state index contributed by atoms with van der Waals surface area (Å²) in [5.74, 6) is 0.374. The van der Waals surface area contributed by atoms with Gasteiger partial charge in [-0.3, -0.25) is 10.1 Å². The second-order valence-corrected chi connectivity index (χ2v) is 6.26. The third-order valence-electron chi connectivity index (χ3n) is 3.56. The molecule has 23 heavy (non-hydrogen) atoms. The van der Waals surface area contributed by atoms with Gasteiger partial charge in [0.15, 0.2) is 0 Å². The van der Waals surface area contributed by atoms with Crippen molar-refractivity contribution in [3.05, 3.63) is 63.7 Å². The number of benzene rings is 2.